The Morgan fingerprint density at radius 1 is 1.24 bits per heavy atom. The van der Waals surface area contributed by atoms with Crippen molar-refractivity contribution >= 4 is 29.1 Å². The van der Waals surface area contributed by atoms with E-state index in [9.17, 15) is 4.79 Å². The summed E-state index contributed by atoms with van der Waals surface area (Å²) in [6.45, 7) is 0. The maximum atomic E-state index is 11.0. The van der Waals surface area contributed by atoms with E-state index in [0.717, 1.165) is 24.2 Å². The van der Waals surface area contributed by atoms with Gasteiger partial charge < -0.3 is 10.1 Å². The average molecular weight is 303 g/mol. The first kappa shape index (κ1) is 14.1. The summed E-state index contributed by atoms with van der Waals surface area (Å²) >= 11 is 1.36. The highest BCUT2D eigenvalue weighted by molar-refractivity contribution is 8.15. The number of benzene rings is 1. The maximum absolute atomic E-state index is 11.0. The van der Waals surface area contributed by atoms with Crippen LogP contribution in [0, 0.1) is 0 Å². The highest BCUT2D eigenvalue weighted by Gasteiger charge is 2.16. The first-order chi connectivity index (χ1) is 10.3. The number of carbonyl (C=O) groups is 1. The summed E-state index contributed by atoms with van der Waals surface area (Å²) in [5.74, 6) is 1.30. The van der Waals surface area contributed by atoms with Crippen molar-refractivity contribution in [3.63, 3.8) is 0 Å². The monoisotopic (exact) mass is 303 g/mol. The molecule has 1 aromatic carbocycles. The fraction of sp³-hybridized carbons (Fsp3) is 0.400. The molecule has 0 spiro atoms. The summed E-state index contributed by atoms with van der Waals surface area (Å²) in [4.78, 5) is 11.0. The lowest BCUT2D eigenvalue weighted by molar-refractivity contribution is -0.116. The SMILES string of the molecule is O=C1CSC(=NN=Cc2ccc(OC3CCCC3)cc2)N1. The zero-order valence-corrected chi connectivity index (χ0v) is 12.4. The van der Waals surface area contributed by atoms with Gasteiger partial charge >= 0.3 is 0 Å². The van der Waals surface area contributed by atoms with Gasteiger partial charge in [0.15, 0.2) is 5.17 Å². The van der Waals surface area contributed by atoms with Gasteiger partial charge in [-0.3, -0.25) is 4.79 Å². The van der Waals surface area contributed by atoms with Crippen molar-refractivity contribution < 1.29 is 9.53 Å². The van der Waals surface area contributed by atoms with Crippen LogP contribution in [0.2, 0.25) is 0 Å². The Hall–Kier alpha value is -1.82. The molecule has 3 rings (SSSR count). The van der Waals surface area contributed by atoms with Crippen LogP contribution >= 0.6 is 11.8 Å². The number of nitrogens with one attached hydrogen (secondary N) is 1. The van der Waals surface area contributed by atoms with E-state index in [1.165, 1.54) is 24.6 Å². The van der Waals surface area contributed by atoms with Crippen molar-refractivity contribution in [3.8, 4) is 5.75 Å². The average Bonchev–Trinajstić information content (AvgIpc) is 3.13. The summed E-state index contributed by atoms with van der Waals surface area (Å²) in [5.41, 5.74) is 0.951. The van der Waals surface area contributed by atoms with Gasteiger partial charge in [0.2, 0.25) is 5.91 Å². The quantitative estimate of drug-likeness (QED) is 0.687. The maximum Gasteiger partial charge on any atom is 0.236 e. The molecule has 110 valence electrons. The number of hydrogen-bond donors (Lipinski definition) is 1. The minimum atomic E-state index is -0.0256. The highest BCUT2D eigenvalue weighted by atomic mass is 32.2. The number of amides is 1. The van der Waals surface area contributed by atoms with Crippen LogP contribution in [0.15, 0.2) is 34.5 Å². The molecule has 1 heterocycles. The van der Waals surface area contributed by atoms with E-state index in [2.05, 4.69) is 15.5 Å². The molecule has 1 aliphatic heterocycles. The molecular formula is C15H17N3O2S. The summed E-state index contributed by atoms with van der Waals surface area (Å²) < 4.78 is 5.90. The van der Waals surface area contributed by atoms with Crippen LogP contribution in [0.1, 0.15) is 31.2 Å². The van der Waals surface area contributed by atoms with Crippen LogP contribution in [-0.4, -0.2) is 29.1 Å². The minimum Gasteiger partial charge on any atom is -0.490 e. The Kier molecular flexibility index (Phi) is 4.55. The third-order valence-corrected chi connectivity index (χ3v) is 4.29. The molecule has 0 bridgehead atoms. The van der Waals surface area contributed by atoms with Crippen molar-refractivity contribution in [1.29, 1.82) is 0 Å². The Labute approximate surface area is 127 Å². The Bertz CT molecular complexity index is 563. The predicted octanol–water partition coefficient (Wildman–Crippen LogP) is 2.56. The number of amidine groups is 1. The van der Waals surface area contributed by atoms with Gasteiger partial charge in [-0.15, -0.1) is 5.10 Å². The zero-order valence-electron chi connectivity index (χ0n) is 11.6. The number of rotatable bonds is 4. The normalized spacial score (nSPS) is 21.3. The lowest BCUT2D eigenvalue weighted by Crippen LogP contribution is -2.19. The summed E-state index contributed by atoms with van der Waals surface area (Å²) in [6.07, 6.45) is 6.89. The van der Waals surface area contributed by atoms with Gasteiger partial charge in [-0.05, 0) is 55.5 Å². The molecule has 1 saturated heterocycles. The summed E-state index contributed by atoms with van der Waals surface area (Å²) in [7, 11) is 0. The molecule has 1 aromatic rings. The number of ether oxygens (including phenoxy) is 1. The second-order valence-corrected chi connectivity index (χ2v) is 6.04. The van der Waals surface area contributed by atoms with Crippen molar-refractivity contribution in [1.82, 2.24) is 5.32 Å². The Balaban J connectivity index is 1.55. The zero-order chi connectivity index (χ0) is 14.5. The van der Waals surface area contributed by atoms with E-state index in [0.29, 0.717) is 17.0 Å². The second kappa shape index (κ2) is 6.76. The molecule has 21 heavy (non-hydrogen) atoms. The smallest absolute Gasteiger partial charge is 0.236 e. The fourth-order valence-electron chi connectivity index (χ4n) is 2.36. The number of carbonyl (C=O) groups excluding carboxylic acids is 1. The molecule has 2 aliphatic rings. The highest BCUT2D eigenvalue weighted by Crippen LogP contribution is 2.24. The number of nitrogens with zero attached hydrogens (tertiary/aromatic N) is 2. The fourth-order valence-corrected chi connectivity index (χ4v) is 2.99. The first-order valence-corrected chi connectivity index (χ1v) is 8.08. The Morgan fingerprint density at radius 3 is 2.67 bits per heavy atom. The van der Waals surface area contributed by atoms with E-state index in [1.807, 2.05) is 24.3 Å². The minimum absolute atomic E-state index is 0.0256. The molecule has 2 fully saturated rings. The van der Waals surface area contributed by atoms with Gasteiger partial charge in [0, 0.05) is 0 Å². The van der Waals surface area contributed by atoms with Crippen LogP contribution in [0.4, 0.5) is 0 Å². The summed E-state index contributed by atoms with van der Waals surface area (Å²) in [5, 5.41) is 11.1. The number of hydrogen-bond acceptors (Lipinski definition) is 5. The predicted molar refractivity (Wildman–Crippen MR) is 85.0 cm³/mol. The van der Waals surface area contributed by atoms with Gasteiger partial charge in [0.1, 0.15) is 5.75 Å². The first-order valence-electron chi connectivity index (χ1n) is 7.10. The third kappa shape index (κ3) is 4.07. The molecule has 1 saturated carbocycles. The van der Waals surface area contributed by atoms with Crippen LogP contribution in [0.5, 0.6) is 5.75 Å². The lowest BCUT2D eigenvalue weighted by Gasteiger charge is -2.12. The molecule has 1 aliphatic carbocycles. The second-order valence-electron chi connectivity index (χ2n) is 5.08. The largest absolute Gasteiger partial charge is 0.490 e. The lowest BCUT2D eigenvalue weighted by atomic mass is 10.2. The van der Waals surface area contributed by atoms with Crippen LogP contribution in [0.3, 0.4) is 0 Å². The molecule has 1 amide bonds. The molecule has 1 N–H and O–H groups in total. The molecule has 0 unspecified atom stereocenters. The van der Waals surface area contributed by atoms with E-state index < -0.39 is 0 Å². The van der Waals surface area contributed by atoms with Crippen molar-refractivity contribution in [3.05, 3.63) is 29.8 Å². The van der Waals surface area contributed by atoms with Crippen LogP contribution in [-0.2, 0) is 4.79 Å². The standard InChI is InChI=1S/C15H17N3O2S/c19-14-10-21-15(17-14)18-16-9-11-5-7-13(8-6-11)20-12-3-1-2-4-12/h5-9,12H,1-4,10H2,(H,17,18,19). The molecule has 0 aromatic heterocycles. The van der Waals surface area contributed by atoms with Crippen molar-refractivity contribution in [2.24, 2.45) is 10.2 Å². The van der Waals surface area contributed by atoms with E-state index in [1.54, 1.807) is 6.21 Å². The van der Waals surface area contributed by atoms with Crippen LogP contribution < -0.4 is 10.1 Å². The van der Waals surface area contributed by atoms with E-state index >= 15 is 0 Å². The van der Waals surface area contributed by atoms with Crippen LogP contribution in [0.25, 0.3) is 0 Å². The van der Waals surface area contributed by atoms with Crippen molar-refractivity contribution in [2.45, 2.75) is 31.8 Å². The van der Waals surface area contributed by atoms with Gasteiger partial charge in [-0.2, -0.15) is 5.10 Å². The van der Waals surface area contributed by atoms with Gasteiger partial charge in [0.25, 0.3) is 0 Å². The number of thioether (sulfide) groups is 1. The van der Waals surface area contributed by atoms with Gasteiger partial charge in [-0.25, -0.2) is 0 Å². The molecule has 6 heteroatoms. The third-order valence-electron chi connectivity index (χ3n) is 3.43. The van der Waals surface area contributed by atoms with Gasteiger partial charge in [-0.1, -0.05) is 11.8 Å². The molecule has 5 nitrogen and oxygen atoms in total. The summed E-state index contributed by atoms with van der Waals surface area (Å²) in [6, 6.07) is 7.82. The molecular weight excluding hydrogens is 286 g/mol. The molecule has 0 atom stereocenters. The van der Waals surface area contributed by atoms with E-state index in [-0.39, 0.29) is 5.91 Å². The Morgan fingerprint density at radius 2 is 2.00 bits per heavy atom. The van der Waals surface area contributed by atoms with Crippen molar-refractivity contribution in [2.75, 3.05) is 5.75 Å². The van der Waals surface area contributed by atoms with Gasteiger partial charge in [0.05, 0.1) is 18.1 Å². The topological polar surface area (TPSA) is 63.0 Å². The van der Waals surface area contributed by atoms with E-state index in [4.69, 9.17) is 4.74 Å². The molecule has 0 radical (unpaired) electrons.